The minimum atomic E-state index is -1.75. The van der Waals surface area contributed by atoms with E-state index in [0.717, 1.165) is 17.7 Å². The molecule has 3 nitrogen and oxygen atoms in total. The normalized spacial score (nSPS) is 10.4. The van der Waals surface area contributed by atoms with E-state index in [1.165, 1.54) is 6.07 Å². The molecule has 2 aromatic rings. The number of benzene rings is 2. The maximum Gasteiger partial charge on any atom is 0.488 e. The molecule has 0 saturated carbocycles. The van der Waals surface area contributed by atoms with Crippen LogP contribution in [-0.2, 0) is 6.61 Å². The van der Waals surface area contributed by atoms with E-state index in [9.17, 15) is 4.39 Å². The summed E-state index contributed by atoms with van der Waals surface area (Å²) in [6.45, 7) is 0.154. The van der Waals surface area contributed by atoms with Crippen molar-refractivity contribution in [1.29, 1.82) is 0 Å². The smallest absolute Gasteiger partial charge is 0.488 e. The molecule has 0 bridgehead atoms. The van der Waals surface area contributed by atoms with Crippen molar-refractivity contribution in [3.8, 4) is 5.75 Å². The molecule has 0 aromatic heterocycles. The Bertz CT molecular complexity index is 623. The Balaban J connectivity index is 2.12. The minimum absolute atomic E-state index is 0.0224. The van der Waals surface area contributed by atoms with Gasteiger partial charge in [0, 0.05) is 6.07 Å². The molecule has 20 heavy (non-hydrogen) atoms. The summed E-state index contributed by atoms with van der Waals surface area (Å²) in [6.07, 6.45) is 0. The molecule has 0 heterocycles. The zero-order valence-electron chi connectivity index (χ0n) is 10.2. The second-order valence-electron chi connectivity index (χ2n) is 4.13. The molecule has 0 saturated heterocycles. The van der Waals surface area contributed by atoms with Crippen LogP contribution in [0.25, 0.3) is 0 Å². The SMILES string of the molecule is OB(O)c1cc(F)cc(OCc2ccc(Cl)c(Cl)c2)c1. The molecule has 0 radical (unpaired) electrons. The quantitative estimate of drug-likeness (QED) is 0.852. The van der Waals surface area contributed by atoms with Crippen molar-refractivity contribution < 1.29 is 19.2 Å². The molecule has 7 heteroatoms. The summed E-state index contributed by atoms with van der Waals surface area (Å²) in [7, 11) is -1.75. The highest BCUT2D eigenvalue weighted by atomic mass is 35.5. The second kappa shape index (κ2) is 6.46. The predicted octanol–water partition coefficient (Wildman–Crippen LogP) is 2.39. The first-order chi connectivity index (χ1) is 9.45. The average molecular weight is 315 g/mol. The molecule has 104 valence electrons. The lowest BCUT2D eigenvalue weighted by atomic mass is 9.80. The zero-order chi connectivity index (χ0) is 14.7. The van der Waals surface area contributed by atoms with Crippen molar-refractivity contribution in [2.75, 3.05) is 0 Å². The van der Waals surface area contributed by atoms with Crippen LogP contribution >= 0.6 is 23.2 Å². The van der Waals surface area contributed by atoms with E-state index in [1.54, 1.807) is 18.2 Å². The van der Waals surface area contributed by atoms with Crippen LogP contribution < -0.4 is 10.2 Å². The van der Waals surface area contributed by atoms with Gasteiger partial charge in [0.2, 0.25) is 0 Å². The summed E-state index contributed by atoms with van der Waals surface area (Å²) in [5.41, 5.74) is 0.781. The van der Waals surface area contributed by atoms with Crippen molar-refractivity contribution in [1.82, 2.24) is 0 Å². The van der Waals surface area contributed by atoms with E-state index in [4.69, 9.17) is 38.0 Å². The van der Waals surface area contributed by atoms with Crippen LogP contribution in [0.2, 0.25) is 10.0 Å². The molecule has 2 aromatic carbocycles. The van der Waals surface area contributed by atoms with Gasteiger partial charge in [-0.25, -0.2) is 4.39 Å². The molecule has 0 aliphatic rings. The van der Waals surface area contributed by atoms with Crippen LogP contribution in [0.5, 0.6) is 5.75 Å². The molecular formula is C13H10BCl2FO3. The summed E-state index contributed by atoms with van der Waals surface area (Å²) < 4.78 is 18.7. The van der Waals surface area contributed by atoms with E-state index < -0.39 is 12.9 Å². The van der Waals surface area contributed by atoms with Crippen molar-refractivity contribution in [3.05, 3.63) is 57.8 Å². The number of rotatable bonds is 4. The minimum Gasteiger partial charge on any atom is -0.489 e. The Morgan fingerprint density at radius 2 is 1.80 bits per heavy atom. The zero-order valence-corrected chi connectivity index (χ0v) is 11.7. The highest BCUT2D eigenvalue weighted by Gasteiger charge is 2.13. The first kappa shape index (κ1) is 15.1. The summed E-state index contributed by atoms with van der Waals surface area (Å²) in [6, 6.07) is 8.54. The Hall–Kier alpha value is -1.27. The van der Waals surface area contributed by atoms with E-state index in [1.807, 2.05) is 0 Å². The van der Waals surface area contributed by atoms with Gasteiger partial charge in [0.1, 0.15) is 18.2 Å². The van der Waals surface area contributed by atoms with Crippen LogP contribution in [0.15, 0.2) is 36.4 Å². The highest BCUT2D eigenvalue weighted by molar-refractivity contribution is 6.58. The molecule has 0 aliphatic carbocycles. The molecule has 2 rings (SSSR count). The van der Waals surface area contributed by atoms with Crippen LogP contribution in [0, 0.1) is 5.82 Å². The fourth-order valence-electron chi connectivity index (χ4n) is 1.61. The topological polar surface area (TPSA) is 49.7 Å². The molecule has 0 atom stereocenters. The molecule has 0 fully saturated rings. The van der Waals surface area contributed by atoms with Gasteiger partial charge in [-0.1, -0.05) is 29.3 Å². The van der Waals surface area contributed by atoms with Crippen LogP contribution in [0.4, 0.5) is 4.39 Å². The van der Waals surface area contributed by atoms with E-state index in [2.05, 4.69) is 0 Å². The Morgan fingerprint density at radius 1 is 1.05 bits per heavy atom. The maximum absolute atomic E-state index is 13.3. The number of hydrogen-bond donors (Lipinski definition) is 2. The number of hydrogen-bond acceptors (Lipinski definition) is 3. The van der Waals surface area contributed by atoms with Crippen LogP contribution in [0.1, 0.15) is 5.56 Å². The maximum atomic E-state index is 13.3. The fraction of sp³-hybridized carbons (Fsp3) is 0.0769. The van der Waals surface area contributed by atoms with E-state index >= 15 is 0 Å². The molecule has 2 N–H and O–H groups in total. The van der Waals surface area contributed by atoms with Crippen molar-refractivity contribution in [3.63, 3.8) is 0 Å². The van der Waals surface area contributed by atoms with E-state index in [0.29, 0.717) is 10.0 Å². The standard InChI is InChI=1S/C13H10BCl2FO3/c15-12-2-1-8(3-13(12)16)7-20-11-5-9(14(18)19)4-10(17)6-11/h1-6,18-19H,7H2. The Kier molecular flexibility index (Phi) is 4.88. The monoisotopic (exact) mass is 314 g/mol. The third-order valence-corrected chi connectivity index (χ3v) is 3.32. The van der Waals surface area contributed by atoms with E-state index in [-0.39, 0.29) is 17.8 Å². The van der Waals surface area contributed by atoms with Gasteiger partial charge in [0.05, 0.1) is 10.0 Å². The van der Waals surface area contributed by atoms with Gasteiger partial charge in [-0.15, -0.1) is 0 Å². The third-order valence-electron chi connectivity index (χ3n) is 2.58. The van der Waals surface area contributed by atoms with Gasteiger partial charge in [-0.2, -0.15) is 0 Å². The first-order valence-corrected chi connectivity index (χ1v) is 6.44. The van der Waals surface area contributed by atoms with Gasteiger partial charge in [0.15, 0.2) is 0 Å². The summed E-state index contributed by atoms with van der Waals surface area (Å²) in [5.74, 6) is -0.418. The lowest BCUT2D eigenvalue weighted by Gasteiger charge is -2.09. The molecule has 0 spiro atoms. The van der Waals surface area contributed by atoms with Gasteiger partial charge < -0.3 is 14.8 Å². The van der Waals surface area contributed by atoms with Crippen LogP contribution in [0.3, 0.4) is 0 Å². The molecule has 0 unspecified atom stereocenters. The summed E-state index contributed by atoms with van der Waals surface area (Å²) >= 11 is 11.7. The Labute approximate surface area is 125 Å². The summed E-state index contributed by atoms with van der Waals surface area (Å²) in [5, 5.41) is 18.9. The summed E-state index contributed by atoms with van der Waals surface area (Å²) in [4.78, 5) is 0. The molecule has 0 aliphatic heterocycles. The lowest BCUT2D eigenvalue weighted by molar-refractivity contribution is 0.304. The third kappa shape index (κ3) is 3.87. The van der Waals surface area contributed by atoms with Crippen molar-refractivity contribution >= 4 is 35.8 Å². The van der Waals surface area contributed by atoms with Crippen LogP contribution in [-0.4, -0.2) is 17.2 Å². The fourth-order valence-corrected chi connectivity index (χ4v) is 1.93. The van der Waals surface area contributed by atoms with Gasteiger partial charge >= 0.3 is 7.12 Å². The lowest BCUT2D eigenvalue weighted by Crippen LogP contribution is -2.30. The van der Waals surface area contributed by atoms with Crippen molar-refractivity contribution in [2.45, 2.75) is 6.61 Å². The number of halogens is 3. The predicted molar refractivity (Wildman–Crippen MR) is 77.0 cm³/mol. The average Bonchev–Trinajstić information content (AvgIpc) is 2.39. The first-order valence-electron chi connectivity index (χ1n) is 5.69. The largest absolute Gasteiger partial charge is 0.489 e. The highest BCUT2D eigenvalue weighted by Crippen LogP contribution is 2.23. The van der Waals surface area contributed by atoms with Gasteiger partial charge in [-0.3, -0.25) is 0 Å². The van der Waals surface area contributed by atoms with Gasteiger partial charge in [-0.05, 0) is 35.3 Å². The van der Waals surface area contributed by atoms with Gasteiger partial charge in [0.25, 0.3) is 0 Å². The second-order valence-corrected chi connectivity index (χ2v) is 4.95. The van der Waals surface area contributed by atoms with Crippen molar-refractivity contribution in [2.24, 2.45) is 0 Å². The molecular weight excluding hydrogens is 305 g/mol. The molecule has 0 amide bonds. The number of ether oxygens (including phenoxy) is 1. The Morgan fingerprint density at radius 3 is 2.45 bits per heavy atom.